The number of amides is 2. The highest BCUT2D eigenvalue weighted by atomic mass is 35.5. The summed E-state index contributed by atoms with van der Waals surface area (Å²) >= 11 is 7.29. The molecule has 0 spiro atoms. The van der Waals surface area contributed by atoms with Gasteiger partial charge in [0.15, 0.2) is 5.13 Å². The number of anilines is 1. The summed E-state index contributed by atoms with van der Waals surface area (Å²) in [6.07, 6.45) is 7.54. The SMILES string of the molecule is CC(Cl)C(=O)N(CC(=O)Nc1nccs1)CC1CCCCC1. The van der Waals surface area contributed by atoms with Crippen molar-refractivity contribution in [1.82, 2.24) is 9.88 Å². The second-order valence-corrected chi connectivity index (χ2v) is 7.27. The van der Waals surface area contributed by atoms with Crippen LogP contribution in [0.5, 0.6) is 0 Å². The third kappa shape index (κ3) is 5.25. The highest BCUT2D eigenvalue weighted by Crippen LogP contribution is 2.25. The van der Waals surface area contributed by atoms with Crippen molar-refractivity contribution in [2.24, 2.45) is 5.92 Å². The van der Waals surface area contributed by atoms with Crippen LogP contribution in [-0.4, -0.2) is 40.2 Å². The van der Waals surface area contributed by atoms with E-state index in [1.165, 1.54) is 30.6 Å². The van der Waals surface area contributed by atoms with Gasteiger partial charge in [-0.1, -0.05) is 19.3 Å². The predicted molar refractivity (Wildman–Crippen MR) is 89.2 cm³/mol. The van der Waals surface area contributed by atoms with Crippen LogP contribution in [0.15, 0.2) is 11.6 Å². The summed E-state index contributed by atoms with van der Waals surface area (Å²) in [6, 6.07) is 0. The highest BCUT2D eigenvalue weighted by Gasteiger charge is 2.25. The van der Waals surface area contributed by atoms with Crippen molar-refractivity contribution in [2.45, 2.75) is 44.4 Å². The first kappa shape index (κ1) is 17.2. The molecule has 0 saturated heterocycles. The molecule has 1 unspecified atom stereocenters. The van der Waals surface area contributed by atoms with Gasteiger partial charge in [-0.05, 0) is 25.7 Å². The van der Waals surface area contributed by atoms with E-state index in [2.05, 4.69) is 10.3 Å². The minimum Gasteiger partial charge on any atom is -0.332 e. The lowest BCUT2D eigenvalue weighted by Gasteiger charge is -2.30. The van der Waals surface area contributed by atoms with Crippen molar-refractivity contribution in [3.8, 4) is 0 Å². The molecule has 1 aromatic heterocycles. The summed E-state index contributed by atoms with van der Waals surface area (Å²) in [5.74, 6) is 0.0683. The van der Waals surface area contributed by atoms with Crippen molar-refractivity contribution < 1.29 is 9.59 Å². The Hall–Kier alpha value is -1.14. The van der Waals surface area contributed by atoms with Crippen LogP contribution in [0.3, 0.4) is 0 Å². The van der Waals surface area contributed by atoms with Crippen molar-refractivity contribution in [3.05, 3.63) is 11.6 Å². The number of hydrogen-bond acceptors (Lipinski definition) is 4. The quantitative estimate of drug-likeness (QED) is 0.807. The van der Waals surface area contributed by atoms with Crippen molar-refractivity contribution in [2.75, 3.05) is 18.4 Å². The molecule has 1 heterocycles. The number of nitrogens with one attached hydrogen (secondary N) is 1. The monoisotopic (exact) mass is 343 g/mol. The molecule has 0 aliphatic heterocycles. The third-order valence-electron chi connectivity index (χ3n) is 3.87. The Morgan fingerprint density at radius 1 is 1.45 bits per heavy atom. The van der Waals surface area contributed by atoms with Crippen molar-refractivity contribution in [3.63, 3.8) is 0 Å². The average molecular weight is 344 g/mol. The Balaban J connectivity index is 1.94. The molecule has 2 amide bonds. The maximum absolute atomic E-state index is 12.3. The molecule has 22 heavy (non-hydrogen) atoms. The van der Waals surface area contributed by atoms with Gasteiger partial charge < -0.3 is 10.2 Å². The molecular formula is C15H22ClN3O2S. The van der Waals surface area contributed by atoms with Gasteiger partial charge in [-0.3, -0.25) is 9.59 Å². The number of halogens is 1. The maximum atomic E-state index is 12.3. The van der Waals surface area contributed by atoms with Crippen molar-refractivity contribution >= 4 is 39.9 Å². The van der Waals surface area contributed by atoms with Gasteiger partial charge in [-0.25, -0.2) is 4.98 Å². The molecule has 2 rings (SSSR count). The van der Waals surface area contributed by atoms with Gasteiger partial charge >= 0.3 is 0 Å². The molecule has 0 bridgehead atoms. The number of carbonyl (C=O) groups excluding carboxylic acids is 2. The first-order valence-corrected chi connectivity index (χ1v) is 9.00. The normalized spacial score (nSPS) is 17.0. The largest absolute Gasteiger partial charge is 0.332 e. The van der Waals surface area contributed by atoms with E-state index in [1.54, 1.807) is 23.4 Å². The lowest BCUT2D eigenvalue weighted by Crippen LogP contribution is -2.44. The number of aromatic nitrogens is 1. The summed E-state index contributed by atoms with van der Waals surface area (Å²) in [5.41, 5.74) is 0. The van der Waals surface area contributed by atoms with E-state index < -0.39 is 5.38 Å². The van der Waals surface area contributed by atoms with Gasteiger partial charge in [-0.15, -0.1) is 22.9 Å². The number of alkyl halides is 1. The summed E-state index contributed by atoms with van der Waals surface area (Å²) in [6.45, 7) is 2.30. The molecular weight excluding hydrogens is 322 g/mol. The lowest BCUT2D eigenvalue weighted by molar-refractivity contribution is -0.134. The molecule has 7 heteroatoms. The molecule has 122 valence electrons. The zero-order chi connectivity index (χ0) is 15.9. The molecule has 1 aliphatic carbocycles. The van der Waals surface area contributed by atoms with Gasteiger partial charge in [0, 0.05) is 18.1 Å². The van der Waals surface area contributed by atoms with Crippen LogP contribution in [0, 0.1) is 5.92 Å². The number of rotatable bonds is 6. The average Bonchev–Trinajstić information content (AvgIpc) is 2.99. The van der Waals surface area contributed by atoms with Crippen LogP contribution in [0.2, 0.25) is 0 Å². The zero-order valence-electron chi connectivity index (χ0n) is 12.8. The maximum Gasteiger partial charge on any atom is 0.245 e. The third-order valence-corrected chi connectivity index (χ3v) is 4.74. The highest BCUT2D eigenvalue weighted by molar-refractivity contribution is 7.13. The minimum atomic E-state index is -0.615. The van der Waals surface area contributed by atoms with Gasteiger partial charge in [0.05, 0.1) is 6.54 Å². The lowest BCUT2D eigenvalue weighted by atomic mass is 9.89. The van der Waals surface area contributed by atoms with Crippen LogP contribution in [0.25, 0.3) is 0 Å². The first-order chi connectivity index (χ1) is 10.6. The van der Waals surface area contributed by atoms with Gasteiger partial charge in [0.2, 0.25) is 11.8 Å². The number of carbonyl (C=O) groups is 2. The molecule has 1 aromatic rings. The van der Waals surface area contributed by atoms with Crippen LogP contribution < -0.4 is 5.32 Å². The Morgan fingerprint density at radius 3 is 2.77 bits per heavy atom. The van der Waals surface area contributed by atoms with Crippen LogP contribution in [0.4, 0.5) is 5.13 Å². The van der Waals surface area contributed by atoms with Gasteiger partial charge in [0.25, 0.3) is 0 Å². The molecule has 0 radical (unpaired) electrons. The Morgan fingerprint density at radius 2 is 2.18 bits per heavy atom. The van der Waals surface area contributed by atoms with E-state index in [1.807, 2.05) is 0 Å². The fraction of sp³-hybridized carbons (Fsp3) is 0.667. The summed E-state index contributed by atoms with van der Waals surface area (Å²) in [5, 5.41) is 4.44. The fourth-order valence-corrected chi connectivity index (χ4v) is 3.47. The molecule has 1 saturated carbocycles. The molecule has 1 atom stereocenters. The van der Waals surface area contributed by atoms with E-state index >= 15 is 0 Å². The zero-order valence-corrected chi connectivity index (χ0v) is 14.3. The summed E-state index contributed by atoms with van der Waals surface area (Å²) in [4.78, 5) is 30.0. The first-order valence-electron chi connectivity index (χ1n) is 7.68. The second kappa shape index (κ2) is 8.48. The molecule has 5 nitrogen and oxygen atoms in total. The molecule has 1 aliphatic rings. The Labute approximate surface area is 140 Å². The fourth-order valence-electron chi connectivity index (χ4n) is 2.78. The smallest absolute Gasteiger partial charge is 0.245 e. The number of thiazole rings is 1. The van der Waals surface area contributed by atoms with Crippen LogP contribution in [0.1, 0.15) is 39.0 Å². The van der Waals surface area contributed by atoms with E-state index in [9.17, 15) is 9.59 Å². The standard InChI is InChI=1S/C15H22ClN3O2S/c1-11(16)14(21)19(9-12-5-3-2-4-6-12)10-13(20)18-15-17-7-8-22-15/h7-8,11-12H,2-6,9-10H2,1H3,(H,17,18,20). The second-order valence-electron chi connectivity index (χ2n) is 5.72. The van der Waals surface area contributed by atoms with E-state index in [0.717, 1.165) is 12.8 Å². The summed E-state index contributed by atoms with van der Waals surface area (Å²) < 4.78 is 0. The van der Waals surface area contributed by atoms with E-state index in [4.69, 9.17) is 11.6 Å². The number of hydrogen-bond donors (Lipinski definition) is 1. The number of nitrogens with zero attached hydrogens (tertiary/aromatic N) is 2. The van der Waals surface area contributed by atoms with Crippen LogP contribution in [-0.2, 0) is 9.59 Å². The van der Waals surface area contributed by atoms with E-state index in [0.29, 0.717) is 17.6 Å². The van der Waals surface area contributed by atoms with Gasteiger partial charge in [0.1, 0.15) is 5.38 Å². The van der Waals surface area contributed by atoms with Crippen molar-refractivity contribution in [1.29, 1.82) is 0 Å². The Kier molecular flexibility index (Phi) is 6.64. The summed E-state index contributed by atoms with van der Waals surface area (Å²) in [7, 11) is 0. The molecule has 0 aromatic carbocycles. The minimum absolute atomic E-state index is 0.0337. The Bertz CT molecular complexity index is 487. The van der Waals surface area contributed by atoms with Gasteiger partial charge in [-0.2, -0.15) is 0 Å². The molecule has 1 fully saturated rings. The topological polar surface area (TPSA) is 62.3 Å². The molecule has 1 N–H and O–H groups in total. The van der Waals surface area contributed by atoms with E-state index in [-0.39, 0.29) is 18.4 Å². The van der Waals surface area contributed by atoms with Crippen LogP contribution >= 0.6 is 22.9 Å². The predicted octanol–water partition coefficient (Wildman–Crippen LogP) is 3.12.